The largest absolute Gasteiger partial charge is 0.481 e. The van der Waals surface area contributed by atoms with Crippen LogP contribution in [0.15, 0.2) is 11.6 Å². The van der Waals surface area contributed by atoms with E-state index in [1.54, 1.807) is 0 Å². The Morgan fingerprint density at radius 3 is 2.27 bits per heavy atom. The average molecular weight is 455 g/mol. The lowest BCUT2D eigenvalue weighted by Crippen LogP contribution is -2.63. The van der Waals surface area contributed by atoms with Gasteiger partial charge in [0.05, 0.1) is 11.8 Å². The first-order valence-electron chi connectivity index (χ1n) is 13.6. The molecule has 2 bridgehead atoms. The van der Waals surface area contributed by atoms with Gasteiger partial charge in [-0.3, -0.25) is 9.59 Å². The summed E-state index contributed by atoms with van der Waals surface area (Å²) in [5, 5.41) is 9.99. The van der Waals surface area contributed by atoms with Gasteiger partial charge in [-0.2, -0.15) is 0 Å². The van der Waals surface area contributed by atoms with E-state index in [4.69, 9.17) is 0 Å². The number of allylic oxidation sites excluding steroid dienone is 2. The third kappa shape index (κ3) is 2.39. The highest BCUT2D eigenvalue weighted by atomic mass is 16.4. The molecule has 0 aromatic rings. The monoisotopic (exact) mass is 454 g/mol. The van der Waals surface area contributed by atoms with Crippen LogP contribution in [0, 0.1) is 56.2 Å². The Hall–Kier alpha value is -1.12. The van der Waals surface area contributed by atoms with Crippen LogP contribution in [0.1, 0.15) is 107 Å². The van der Waals surface area contributed by atoms with Gasteiger partial charge >= 0.3 is 5.97 Å². The summed E-state index contributed by atoms with van der Waals surface area (Å²) >= 11 is 0. The van der Waals surface area contributed by atoms with E-state index in [1.807, 2.05) is 0 Å². The number of aliphatic carboxylic acids is 1. The summed E-state index contributed by atoms with van der Waals surface area (Å²) in [6, 6.07) is 0. The molecule has 5 aliphatic carbocycles. The van der Waals surface area contributed by atoms with E-state index < -0.39 is 22.2 Å². The summed E-state index contributed by atoms with van der Waals surface area (Å²) in [5.74, 6) is 1.88. The highest BCUT2D eigenvalue weighted by Gasteiger charge is 2.78. The molecule has 33 heavy (non-hydrogen) atoms. The molecule has 1 spiro atoms. The van der Waals surface area contributed by atoms with E-state index in [2.05, 4.69) is 61.5 Å². The molecule has 4 saturated carbocycles. The number of rotatable bonds is 3. The second-order valence-electron chi connectivity index (χ2n) is 14.6. The Labute approximate surface area is 201 Å². The zero-order valence-electron chi connectivity index (χ0n) is 22.3. The van der Waals surface area contributed by atoms with E-state index in [0.29, 0.717) is 23.0 Å². The summed E-state index contributed by atoms with van der Waals surface area (Å²) in [4.78, 5) is 26.5. The summed E-state index contributed by atoms with van der Waals surface area (Å²) in [6.07, 6.45) is 10.3. The first kappa shape index (κ1) is 23.6. The van der Waals surface area contributed by atoms with E-state index in [9.17, 15) is 14.7 Å². The van der Waals surface area contributed by atoms with Crippen LogP contribution in [-0.2, 0) is 9.59 Å². The second kappa shape index (κ2) is 6.55. The van der Waals surface area contributed by atoms with E-state index in [1.165, 1.54) is 24.8 Å². The standard InChI is InChI=1S/C30H46O3/c1-18(2)19-9-10-21-26(19,5)13-14-28(7)22-12-11-20-25(3,4)24(33)30(22,16-15-27(21,28)6)29(20,8)17-23(31)32/h12,18-21H,9-11,13-17H2,1-8H3,(H,31,32)/t19?,20?,21?,26-,27+,28-,29+,30-/m1/s1. The minimum atomic E-state index is -0.751. The topological polar surface area (TPSA) is 54.4 Å². The van der Waals surface area contributed by atoms with Crippen LogP contribution in [0.4, 0.5) is 0 Å². The molecule has 0 aromatic heterocycles. The van der Waals surface area contributed by atoms with E-state index in [-0.39, 0.29) is 23.2 Å². The quantitative estimate of drug-likeness (QED) is 0.455. The highest BCUT2D eigenvalue weighted by molar-refractivity contribution is 5.98. The van der Waals surface area contributed by atoms with Crippen LogP contribution in [0.5, 0.6) is 0 Å². The van der Waals surface area contributed by atoms with Crippen LogP contribution < -0.4 is 0 Å². The van der Waals surface area contributed by atoms with Gasteiger partial charge in [0, 0.05) is 5.41 Å². The lowest BCUT2D eigenvalue weighted by Gasteiger charge is -2.69. The number of carboxylic acid groups (broad SMARTS) is 1. The van der Waals surface area contributed by atoms with Crippen molar-refractivity contribution in [3.63, 3.8) is 0 Å². The van der Waals surface area contributed by atoms with E-state index >= 15 is 0 Å². The fraction of sp³-hybridized carbons (Fsp3) is 0.867. The SMILES string of the molecule is CC(C)C1CCC2[C@]1(C)CC[C@]1(C)C3=CCC4C(C)(C)C(=O)[C@]3(CC[C@@]21C)[C@@]4(C)CC(=O)O. The fourth-order valence-electron chi connectivity index (χ4n) is 11.6. The second-order valence-corrected chi connectivity index (χ2v) is 14.6. The predicted octanol–water partition coefficient (Wildman–Crippen LogP) is 7.30. The number of hydrogen-bond donors (Lipinski definition) is 1. The van der Waals surface area contributed by atoms with Gasteiger partial charge in [0.1, 0.15) is 5.78 Å². The number of carbonyl (C=O) groups is 2. The molecule has 5 aliphatic rings. The molecule has 1 N–H and O–H groups in total. The van der Waals surface area contributed by atoms with Crippen molar-refractivity contribution in [1.82, 2.24) is 0 Å². The summed E-state index contributed by atoms with van der Waals surface area (Å²) < 4.78 is 0. The van der Waals surface area contributed by atoms with Crippen LogP contribution in [0.2, 0.25) is 0 Å². The van der Waals surface area contributed by atoms with Crippen molar-refractivity contribution in [3.8, 4) is 0 Å². The van der Waals surface area contributed by atoms with Crippen molar-refractivity contribution >= 4 is 11.8 Å². The molecule has 5 rings (SSSR count). The number of ketones is 1. The average Bonchev–Trinajstić information content (AvgIpc) is 3.07. The fourth-order valence-corrected chi connectivity index (χ4v) is 11.6. The molecule has 3 heteroatoms. The summed E-state index contributed by atoms with van der Waals surface area (Å²) in [7, 11) is 0. The number of fused-ring (bicyclic) bond motifs is 5. The third-order valence-corrected chi connectivity index (χ3v) is 13.1. The molecule has 0 aliphatic heterocycles. The van der Waals surface area contributed by atoms with Crippen molar-refractivity contribution in [3.05, 3.63) is 11.6 Å². The number of carbonyl (C=O) groups excluding carboxylic acids is 1. The lowest BCUT2D eigenvalue weighted by atomic mass is 9.34. The zero-order chi connectivity index (χ0) is 24.4. The minimum Gasteiger partial charge on any atom is -0.481 e. The molecular formula is C30H46O3. The number of Topliss-reactive ketones (excluding diaryl/α,β-unsaturated/α-hetero) is 1. The number of hydrogen-bond acceptors (Lipinski definition) is 2. The summed E-state index contributed by atoms with van der Waals surface area (Å²) in [5.41, 5.74) is 0.321. The molecule has 0 aromatic carbocycles. The molecular weight excluding hydrogens is 408 g/mol. The molecule has 0 radical (unpaired) electrons. The molecule has 3 nitrogen and oxygen atoms in total. The van der Waals surface area contributed by atoms with Crippen molar-refractivity contribution in [2.45, 2.75) is 107 Å². The van der Waals surface area contributed by atoms with Crippen molar-refractivity contribution < 1.29 is 14.7 Å². The van der Waals surface area contributed by atoms with Crippen LogP contribution >= 0.6 is 0 Å². The maximum absolute atomic E-state index is 14.4. The zero-order valence-corrected chi connectivity index (χ0v) is 22.3. The Kier molecular flexibility index (Phi) is 4.69. The van der Waals surface area contributed by atoms with Crippen LogP contribution in [-0.4, -0.2) is 16.9 Å². The predicted molar refractivity (Wildman–Crippen MR) is 132 cm³/mol. The maximum atomic E-state index is 14.4. The van der Waals surface area contributed by atoms with Gasteiger partial charge < -0.3 is 5.11 Å². The van der Waals surface area contributed by atoms with Gasteiger partial charge in [0.2, 0.25) is 0 Å². The molecule has 0 amide bonds. The molecule has 184 valence electrons. The Morgan fingerprint density at radius 2 is 1.67 bits per heavy atom. The highest BCUT2D eigenvalue weighted by Crippen LogP contribution is 2.81. The lowest BCUT2D eigenvalue weighted by molar-refractivity contribution is -0.162. The van der Waals surface area contributed by atoms with Gasteiger partial charge in [-0.05, 0) is 90.3 Å². The Bertz CT molecular complexity index is 944. The Morgan fingerprint density at radius 1 is 1.00 bits per heavy atom. The van der Waals surface area contributed by atoms with E-state index in [0.717, 1.165) is 31.6 Å². The van der Waals surface area contributed by atoms with Crippen molar-refractivity contribution in [2.75, 3.05) is 0 Å². The van der Waals surface area contributed by atoms with Gasteiger partial charge in [-0.25, -0.2) is 0 Å². The van der Waals surface area contributed by atoms with Gasteiger partial charge in [-0.15, -0.1) is 0 Å². The smallest absolute Gasteiger partial charge is 0.303 e. The van der Waals surface area contributed by atoms with Crippen molar-refractivity contribution in [2.24, 2.45) is 56.2 Å². The van der Waals surface area contributed by atoms with Gasteiger partial charge in [-0.1, -0.05) is 67.0 Å². The van der Waals surface area contributed by atoms with Gasteiger partial charge in [0.15, 0.2) is 0 Å². The Balaban J connectivity index is 1.66. The third-order valence-electron chi connectivity index (χ3n) is 13.1. The first-order valence-corrected chi connectivity index (χ1v) is 13.6. The molecule has 4 fully saturated rings. The van der Waals surface area contributed by atoms with Crippen LogP contribution in [0.25, 0.3) is 0 Å². The maximum Gasteiger partial charge on any atom is 0.303 e. The normalized spacial score (nSPS) is 52.2. The molecule has 8 atom stereocenters. The first-order chi connectivity index (χ1) is 15.1. The number of carboxylic acids is 1. The molecule has 3 unspecified atom stereocenters. The van der Waals surface area contributed by atoms with Crippen LogP contribution in [0.3, 0.4) is 0 Å². The van der Waals surface area contributed by atoms with Gasteiger partial charge in [0.25, 0.3) is 0 Å². The molecule has 0 saturated heterocycles. The summed E-state index contributed by atoms with van der Waals surface area (Å²) in [6.45, 7) is 18.8. The minimum absolute atomic E-state index is 0.0257. The molecule has 0 heterocycles. The van der Waals surface area contributed by atoms with Crippen molar-refractivity contribution in [1.29, 1.82) is 0 Å².